The molecule has 0 saturated heterocycles. The van der Waals surface area contributed by atoms with E-state index in [-0.39, 0.29) is 29.9 Å². The Hall–Kier alpha value is -2.85. The first kappa shape index (κ1) is 25.2. The number of aryl methyl sites for hydroxylation is 1. The third-order valence-corrected chi connectivity index (χ3v) is 7.71. The van der Waals surface area contributed by atoms with Crippen LogP contribution in [0.5, 0.6) is 0 Å². The maximum atomic E-state index is 13.4. The molecule has 4 rings (SSSR count). The first-order valence-electron chi connectivity index (χ1n) is 11.7. The van der Waals surface area contributed by atoms with E-state index >= 15 is 0 Å². The van der Waals surface area contributed by atoms with E-state index in [0.717, 1.165) is 28.3 Å². The highest BCUT2D eigenvalue weighted by molar-refractivity contribution is 7.89. The van der Waals surface area contributed by atoms with Gasteiger partial charge in [0.1, 0.15) is 0 Å². The van der Waals surface area contributed by atoms with Gasteiger partial charge in [0.25, 0.3) is 0 Å². The van der Waals surface area contributed by atoms with Gasteiger partial charge in [-0.05, 0) is 44.4 Å². The highest BCUT2D eigenvalue weighted by Crippen LogP contribution is 2.36. The molecule has 0 aliphatic heterocycles. The maximum Gasteiger partial charge on any atom is 0.243 e. The summed E-state index contributed by atoms with van der Waals surface area (Å²) >= 11 is 0. The number of aliphatic hydroxyl groups is 1. The minimum absolute atomic E-state index is 0.0802. The highest BCUT2D eigenvalue weighted by Gasteiger charge is 2.32. The SMILES string of the molecule is Cc1ccc(S(=O)(=O)N(CC(=O)c2cnn(C3CC3)c2COCc2ccccc2)C[C@H](C)O)cc1. The minimum Gasteiger partial charge on any atom is -0.392 e. The second kappa shape index (κ2) is 10.8. The fourth-order valence-electron chi connectivity index (χ4n) is 3.88. The average Bonchev–Trinajstić information content (AvgIpc) is 3.59. The first-order valence-corrected chi connectivity index (χ1v) is 13.2. The molecule has 1 fully saturated rings. The van der Waals surface area contributed by atoms with Gasteiger partial charge in [0.05, 0.1) is 54.3 Å². The Balaban J connectivity index is 1.55. The molecular weight excluding hydrogens is 466 g/mol. The number of ketones is 1. The van der Waals surface area contributed by atoms with Crippen molar-refractivity contribution in [3.8, 4) is 0 Å². The molecule has 0 unspecified atom stereocenters. The molecule has 1 aliphatic rings. The second-order valence-corrected chi connectivity index (χ2v) is 11.0. The number of carbonyl (C=O) groups excluding carboxylic acids is 1. The molecule has 9 heteroatoms. The number of benzene rings is 2. The summed E-state index contributed by atoms with van der Waals surface area (Å²) in [6.07, 6.45) is 2.53. The normalized spacial score (nSPS) is 14.9. The average molecular weight is 498 g/mol. The summed E-state index contributed by atoms with van der Waals surface area (Å²) in [7, 11) is -3.98. The van der Waals surface area contributed by atoms with E-state index in [1.54, 1.807) is 12.1 Å². The summed E-state index contributed by atoms with van der Waals surface area (Å²) in [4.78, 5) is 13.5. The zero-order valence-corrected chi connectivity index (χ0v) is 20.8. The van der Waals surface area contributed by atoms with Crippen molar-refractivity contribution in [3.63, 3.8) is 0 Å². The monoisotopic (exact) mass is 497 g/mol. The highest BCUT2D eigenvalue weighted by atomic mass is 32.2. The van der Waals surface area contributed by atoms with Crippen LogP contribution in [-0.2, 0) is 28.0 Å². The largest absolute Gasteiger partial charge is 0.392 e. The van der Waals surface area contributed by atoms with Crippen LogP contribution in [0.25, 0.3) is 0 Å². The molecule has 35 heavy (non-hydrogen) atoms. The van der Waals surface area contributed by atoms with Crippen molar-refractivity contribution in [1.29, 1.82) is 0 Å². The molecule has 8 nitrogen and oxygen atoms in total. The lowest BCUT2D eigenvalue weighted by atomic mass is 10.1. The van der Waals surface area contributed by atoms with Crippen molar-refractivity contribution in [1.82, 2.24) is 14.1 Å². The van der Waals surface area contributed by atoms with Crippen LogP contribution in [0.1, 0.15) is 53.0 Å². The zero-order chi connectivity index (χ0) is 25.0. The van der Waals surface area contributed by atoms with Gasteiger partial charge in [-0.25, -0.2) is 8.42 Å². The Morgan fingerprint density at radius 2 is 1.83 bits per heavy atom. The summed E-state index contributed by atoms with van der Waals surface area (Å²) in [6.45, 7) is 3.35. The predicted molar refractivity (Wildman–Crippen MR) is 131 cm³/mol. The molecule has 1 aromatic heterocycles. The summed E-state index contributed by atoms with van der Waals surface area (Å²) < 4.78 is 35.4. The van der Waals surface area contributed by atoms with E-state index in [1.165, 1.54) is 25.3 Å². The maximum absolute atomic E-state index is 13.4. The van der Waals surface area contributed by atoms with E-state index in [4.69, 9.17) is 4.74 Å². The molecule has 186 valence electrons. The van der Waals surface area contributed by atoms with Gasteiger partial charge in [-0.2, -0.15) is 9.40 Å². The lowest BCUT2D eigenvalue weighted by Gasteiger charge is -2.23. The number of aromatic nitrogens is 2. The smallest absolute Gasteiger partial charge is 0.243 e. The van der Waals surface area contributed by atoms with Crippen LogP contribution in [-0.4, -0.2) is 52.6 Å². The van der Waals surface area contributed by atoms with E-state index < -0.39 is 22.7 Å². The Morgan fingerprint density at radius 3 is 2.46 bits per heavy atom. The van der Waals surface area contributed by atoms with Gasteiger partial charge in [-0.1, -0.05) is 48.0 Å². The molecule has 1 saturated carbocycles. The van der Waals surface area contributed by atoms with E-state index in [0.29, 0.717) is 17.9 Å². The number of carbonyl (C=O) groups is 1. The van der Waals surface area contributed by atoms with Crippen molar-refractivity contribution < 1.29 is 23.1 Å². The third-order valence-electron chi connectivity index (χ3n) is 5.89. The summed E-state index contributed by atoms with van der Waals surface area (Å²) in [6, 6.07) is 16.4. The number of Topliss-reactive ketones (excluding diaryl/α,β-unsaturated/α-hetero) is 1. The van der Waals surface area contributed by atoms with Gasteiger partial charge in [-0.3, -0.25) is 9.48 Å². The number of nitrogens with zero attached hydrogens (tertiary/aromatic N) is 3. The second-order valence-electron chi connectivity index (χ2n) is 9.04. The van der Waals surface area contributed by atoms with Crippen LogP contribution in [0.15, 0.2) is 65.7 Å². The van der Waals surface area contributed by atoms with Gasteiger partial charge in [0.15, 0.2) is 5.78 Å². The third kappa shape index (κ3) is 6.24. The molecule has 1 N–H and O–H groups in total. The van der Waals surface area contributed by atoms with Gasteiger partial charge in [0.2, 0.25) is 10.0 Å². The topological polar surface area (TPSA) is 102 Å². The summed E-state index contributed by atoms with van der Waals surface area (Å²) in [5.41, 5.74) is 2.94. The molecule has 1 aliphatic carbocycles. The molecule has 2 aromatic carbocycles. The van der Waals surface area contributed by atoms with Crippen LogP contribution in [0.4, 0.5) is 0 Å². The molecular formula is C26H31N3O5S. The first-order chi connectivity index (χ1) is 16.8. The standard InChI is InChI=1S/C26H31N3O5S/c1-19-8-12-23(13-9-19)35(32,33)28(15-20(2)30)16-26(31)24-14-27-29(22-10-11-22)25(24)18-34-17-21-6-4-3-5-7-21/h3-9,12-14,20,22,30H,10-11,15-18H2,1-2H3/t20-/m0/s1. The van der Waals surface area contributed by atoms with E-state index in [9.17, 15) is 18.3 Å². The number of rotatable bonds is 12. The van der Waals surface area contributed by atoms with Gasteiger partial charge < -0.3 is 9.84 Å². The molecule has 0 amide bonds. The van der Waals surface area contributed by atoms with Crippen molar-refractivity contribution in [2.45, 2.75) is 56.9 Å². The van der Waals surface area contributed by atoms with E-state index in [1.807, 2.05) is 41.9 Å². The van der Waals surface area contributed by atoms with Crippen LogP contribution in [0.3, 0.4) is 0 Å². The van der Waals surface area contributed by atoms with Crippen LogP contribution in [0.2, 0.25) is 0 Å². The fourth-order valence-corrected chi connectivity index (χ4v) is 5.36. The Labute approximate surface area is 206 Å². The number of hydrogen-bond donors (Lipinski definition) is 1. The fraction of sp³-hybridized carbons (Fsp3) is 0.385. The van der Waals surface area contributed by atoms with E-state index in [2.05, 4.69) is 5.10 Å². The van der Waals surface area contributed by atoms with Crippen molar-refractivity contribution >= 4 is 15.8 Å². The number of aliphatic hydroxyl groups excluding tert-OH is 1. The lowest BCUT2D eigenvalue weighted by Crippen LogP contribution is -2.40. The van der Waals surface area contributed by atoms with Crippen molar-refractivity contribution in [3.05, 3.63) is 83.2 Å². The molecule has 1 atom stereocenters. The van der Waals surface area contributed by atoms with Gasteiger partial charge in [-0.15, -0.1) is 0 Å². The lowest BCUT2D eigenvalue weighted by molar-refractivity contribution is 0.0907. The molecule has 0 radical (unpaired) electrons. The number of ether oxygens (including phenoxy) is 1. The summed E-state index contributed by atoms with van der Waals surface area (Å²) in [5, 5.41) is 14.4. The Morgan fingerprint density at radius 1 is 1.14 bits per heavy atom. The van der Waals surface area contributed by atoms with Crippen molar-refractivity contribution in [2.75, 3.05) is 13.1 Å². The van der Waals surface area contributed by atoms with Crippen LogP contribution >= 0.6 is 0 Å². The quantitative estimate of drug-likeness (QED) is 0.384. The Bertz CT molecular complexity index is 1250. The molecule has 1 heterocycles. The summed E-state index contributed by atoms with van der Waals surface area (Å²) in [5.74, 6) is -0.383. The zero-order valence-electron chi connectivity index (χ0n) is 20.0. The van der Waals surface area contributed by atoms with Gasteiger partial charge in [0, 0.05) is 6.54 Å². The van der Waals surface area contributed by atoms with Crippen LogP contribution < -0.4 is 0 Å². The Kier molecular flexibility index (Phi) is 7.81. The van der Waals surface area contributed by atoms with Crippen LogP contribution in [0, 0.1) is 6.92 Å². The molecule has 0 bridgehead atoms. The number of sulfonamides is 1. The molecule has 3 aromatic rings. The van der Waals surface area contributed by atoms with Gasteiger partial charge >= 0.3 is 0 Å². The minimum atomic E-state index is -3.98. The molecule has 0 spiro atoms. The predicted octanol–water partition coefficient (Wildman–Crippen LogP) is 3.50. The van der Waals surface area contributed by atoms with Crippen molar-refractivity contribution in [2.24, 2.45) is 0 Å². The number of hydrogen-bond acceptors (Lipinski definition) is 6.